The van der Waals surface area contributed by atoms with Crippen LogP contribution in [0.3, 0.4) is 0 Å². The Kier molecular flexibility index (Phi) is 17.7. The average molecular weight is 1230 g/mol. The maximum absolute atomic E-state index is 3.93. The molecule has 0 aliphatic carbocycles. The van der Waals surface area contributed by atoms with Crippen LogP contribution in [0.25, 0.3) is 66.2 Å². The standard InChI is InChI=1S/2C31H39N6Si3.CH3.2Mg.H/c2*1-35-25-19-13-10-16-22(25)32-28(35)38(4,5)31(39(6,7)29-33-23-17-11-14-20-26(23)36(29)2)40(8,9)30-34-24-18-12-15-21-27(24)37(30)3;;;;/h2*10-21H,1-9H3;1H3;;;/q3*-1;2*+2;-1/p+6. The molecule has 422 valence electrons. The number of hydrogen-bond acceptors (Lipinski definition) is 0. The van der Waals surface area contributed by atoms with E-state index in [4.69, 9.17) is 0 Å². The van der Waals surface area contributed by atoms with Gasteiger partial charge in [-0.15, -0.1) is 0 Å². The van der Waals surface area contributed by atoms with Crippen molar-refractivity contribution in [3.63, 3.8) is 0 Å². The number of aryl methyl sites for hydroxylation is 6. The second-order valence-electron chi connectivity index (χ2n) is 25.8. The van der Waals surface area contributed by atoms with Gasteiger partial charge >= 0.3 is 46.1 Å². The fraction of sp³-hybridized carbons (Fsp3) is 0.286. The van der Waals surface area contributed by atoms with Gasteiger partial charge in [0.15, 0.2) is 98.9 Å². The summed E-state index contributed by atoms with van der Waals surface area (Å²) in [7, 11) is 0.0588. The summed E-state index contributed by atoms with van der Waals surface area (Å²) in [6, 6.07) is 52.4. The second kappa shape index (κ2) is 23.0. The molecule has 6 aromatic carbocycles. The first-order valence-corrected chi connectivity index (χ1v) is 46.3. The minimum Gasteiger partial charge on any atom is -1.00 e. The fourth-order valence-electron chi connectivity index (χ4n) is 16.1. The maximum atomic E-state index is 3.93. The number of hydrogen-bond donors (Lipinski definition) is 0. The van der Waals surface area contributed by atoms with Gasteiger partial charge in [0.25, 0.3) is 0 Å². The van der Waals surface area contributed by atoms with Crippen molar-refractivity contribution in [3.05, 3.63) is 163 Å². The maximum Gasteiger partial charge on any atom is 2.00 e. The van der Waals surface area contributed by atoms with E-state index < -0.39 is 48.4 Å². The van der Waals surface area contributed by atoms with Gasteiger partial charge < -0.3 is 8.85 Å². The molecule has 0 aliphatic heterocycles. The zero-order valence-corrected chi connectivity index (χ0v) is 61.8. The number of nitrogens with zero attached hydrogens (tertiary/aromatic N) is 6. The predicted octanol–water partition coefficient (Wildman–Crippen LogP) is 5.69. The molecule has 20 heteroatoms. The molecule has 0 saturated carbocycles. The number of benzene rings is 6. The van der Waals surface area contributed by atoms with Crippen LogP contribution in [0.5, 0.6) is 0 Å². The summed E-state index contributed by atoms with van der Waals surface area (Å²) in [6.45, 7) is 31.0. The molecule has 12 rings (SSSR count). The summed E-state index contributed by atoms with van der Waals surface area (Å²) in [6.07, 6.45) is 0. The van der Waals surface area contributed by atoms with Gasteiger partial charge in [0.05, 0.1) is 42.3 Å². The molecular weight excluding hydrogens is 1140 g/mol. The number of nitrogens with one attached hydrogen (secondary N) is 6. The Morgan fingerprint density at radius 2 is 0.373 bits per heavy atom. The molecule has 0 bridgehead atoms. The first-order chi connectivity index (χ1) is 37.7. The molecule has 0 unspecified atom stereocenters. The SMILES string of the molecule is Cn1c([Si](C)(C)[C-]([Si](C)(C)c2[nH+]c3ccccc3n2C)[Si](C)(C)c2[nH+]c3ccccc3n2C)[nH+]c2ccccc21.Cn1c([Si](C)(C)[C-]([Si](C)(C)c2[nH+]c3ccccc3n2C)[Si](C)(C)c2[nH+]c3ccccc3n2C)[nH+]c2ccccc21.[CH3-].[H-].[Mg+2].[Mg+2]. The predicted molar refractivity (Wildman–Crippen MR) is 365 cm³/mol. The Balaban J connectivity index is 0.000000230. The van der Waals surface area contributed by atoms with E-state index in [1.807, 2.05) is 9.58 Å². The minimum atomic E-state index is -2.24. The van der Waals surface area contributed by atoms with Gasteiger partial charge in [0.1, 0.15) is 0 Å². The number of aromatic nitrogens is 12. The quantitative estimate of drug-likeness (QED) is 0.111. The van der Waals surface area contributed by atoms with Crippen LogP contribution in [-0.4, -0.2) is 122 Å². The number of H-pyrrole nitrogens is 6. The molecule has 0 spiro atoms. The van der Waals surface area contributed by atoms with E-state index in [2.05, 4.69) is 324 Å². The largest absolute Gasteiger partial charge is 2.00 e. The number of imidazole rings is 6. The molecule has 0 fully saturated rings. The van der Waals surface area contributed by atoms with E-state index in [9.17, 15) is 0 Å². The van der Waals surface area contributed by atoms with Gasteiger partial charge in [0.2, 0.25) is 0 Å². The van der Waals surface area contributed by atoms with Crippen LogP contribution in [0.4, 0.5) is 0 Å². The van der Waals surface area contributed by atoms with Crippen molar-refractivity contribution in [2.24, 2.45) is 42.3 Å². The monoisotopic (exact) mass is 1230 g/mol. The summed E-state index contributed by atoms with van der Waals surface area (Å²) in [4.78, 5) is 27.2. The van der Waals surface area contributed by atoms with E-state index in [1.54, 1.807) is 0 Å². The van der Waals surface area contributed by atoms with Gasteiger partial charge in [-0.1, -0.05) is 151 Å². The number of rotatable bonds is 12. The van der Waals surface area contributed by atoms with Crippen LogP contribution in [0.2, 0.25) is 78.6 Å². The molecule has 0 amide bonds. The van der Waals surface area contributed by atoms with E-state index in [0.29, 0.717) is 0 Å². The third-order valence-corrected chi connectivity index (χ3v) is 58.3. The summed E-state index contributed by atoms with van der Waals surface area (Å²) in [5, 5.41) is 0. The first-order valence-electron chi connectivity index (χ1n) is 28.3. The van der Waals surface area contributed by atoms with Crippen molar-refractivity contribution in [1.82, 2.24) is 27.4 Å². The molecule has 0 radical (unpaired) electrons. The summed E-state index contributed by atoms with van der Waals surface area (Å²) in [5.41, 5.74) is 23.2. The molecule has 0 saturated heterocycles. The normalized spacial score (nSPS) is 12.9. The topological polar surface area (TPSA) is 114 Å². The van der Waals surface area contributed by atoms with E-state index in [0.717, 1.165) is 0 Å². The number of aromatic amines is 6. The van der Waals surface area contributed by atoms with Crippen LogP contribution in [0.1, 0.15) is 1.43 Å². The number of para-hydroxylation sites is 12. The zero-order valence-electron chi connectivity index (χ0n) is 54.0. The zero-order chi connectivity index (χ0) is 57.2. The fourth-order valence-corrected chi connectivity index (χ4v) is 67.7. The Bertz CT molecular complexity index is 3640. The first kappa shape index (κ1) is 64.0. The molecule has 83 heavy (non-hydrogen) atoms. The van der Waals surface area contributed by atoms with Gasteiger partial charge in [-0.2, -0.15) is 0 Å². The smallest absolute Gasteiger partial charge is 1.00 e. The van der Waals surface area contributed by atoms with Crippen molar-refractivity contribution in [2.75, 3.05) is 0 Å². The molecule has 12 nitrogen and oxygen atoms in total. The molecule has 0 aliphatic rings. The third kappa shape index (κ3) is 10.3. The molecule has 6 aromatic heterocycles. The second-order valence-corrected chi connectivity index (χ2v) is 54.1. The Labute approximate surface area is 531 Å². The van der Waals surface area contributed by atoms with Crippen LogP contribution >= 0.6 is 0 Å². The van der Waals surface area contributed by atoms with Crippen molar-refractivity contribution >= 4 is 193 Å². The van der Waals surface area contributed by atoms with Gasteiger partial charge in [-0.25, -0.2) is 57.3 Å². The van der Waals surface area contributed by atoms with Crippen LogP contribution in [0, 0.1) is 17.0 Å². The molecule has 12 aromatic rings. The minimum absolute atomic E-state index is 0. The third-order valence-electron chi connectivity index (χ3n) is 18.4. The van der Waals surface area contributed by atoms with Crippen LogP contribution in [-0.2, 0) is 42.3 Å². The Morgan fingerprint density at radius 3 is 0.494 bits per heavy atom. The number of fused-ring (bicyclic) bond motifs is 6. The van der Waals surface area contributed by atoms with E-state index in [1.165, 1.54) is 98.9 Å². The van der Waals surface area contributed by atoms with Gasteiger partial charge in [-0.05, 0) is 72.8 Å². The Morgan fingerprint density at radius 1 is 0.253 bits per heavy atom. The van der Waals surface area contributed by atoms with Gasteiger partial charge in [-0.3, -0.25) is 9.58 Å². The average Bonchev–Trinajstić information content (AvgIpc) is 1.81. The van der Waals surface area contributed by atoms with Crippen molar-refractivity contribution in [2.45, 2.75) is 78.6 Å². The summed E-state index contributed by atoms with van der Waals surface area (Å²) >= 11 is 0. The molecular formula is C63H88Mg2N12Si6+6. The van der Waals surface area contributed by atoms with E-state index >= 15 is 0 Å². The van der Waals surface area contributed by atoms with Crippen molar-refractivity contribution in [1.29, 1.82) is 0 Å². The summed E-state index contributed by atoms with van der Waals surface area (Å²) < 4.78 is 14.6. The summed E-state index contributed by atoms with van der Waals surface area (Å²) in [5.74, 6) is 0. The molecule has 0 atom stereocenters. The molecule has 6 heterocycles. The van der Waals surface area contributed by atoms with Crippen molar-refractivity contribution < 1.29 is 31.3 Å². The van der Waals surface area contributed by atoms with Crippen LogP contribution < -0.4 is 62.6 Å². The molecule has 6 N–H and O–H groups in total. The van der Waals surface area contributed by atoms with Gasteiger partial charge in [0, 0.05) is 48.4 Å². The Hall–Kier alpha value is -5.03. The van der Waals surface area contributed by atoms with Crippen LogP contribution in [0.15, 0.2) is 146 Å². The van der Waals surface area contributed by atoms with Crippen molar-refractivity contribution in [3.8, 4) is 0 Å². The van der Waals surface area contributed by atoms with E-state index in [-0.39, 0.29) is 55.0 Å².